The fraction of sp³-hybridized carbons (Fsp3) is 0.440. The number of thiazole rings is 1. The molecule has 2 fully saturated rings. The number of nitrogens with zero attached hydrogens (tertiary/aromatic N) is 4. The van der Waals surface area contributed by atoms with Gasteiger partial charge in [-0.05, 0) is 50.5 Å². The summed E-state index contributed by atoms with van der Waals surface area (Å²) in [6, 6.07) is 9.33. The highest BCUT2D eigenvalue weighted by atomic mass is 32.2. The molecule has 11 heteroatoms. The Morgan fingerprint density at radius 2 is 1.97 bits per heavy atom. The van der Waals surface area contributed by atoms with Crippen molar-refractivity contribution in [3.05, 3.63) is 47.1 Å². The van der Waals surface area contributed by atoms with Gasteiger partial charge in [0, 0.05) is 48.0 Å². The van der Waals surface area contributed by atoms with E-state index in [0.29, 0.717) is 24.7 Å². The smallest absolute Gasteiger partial charge is 0.319 e. The van der Waals surface area contributed by atoms with E-state index in [4.69, 9.17) is 24.8 Å². The number of thioether (sulfide) groups is 1. The van der Waals surface area contributed by atoms with E-state index in [1.807, 2.05) is 43.0 Å². The second-order valence-corrected chi connectivity index (χ2v) is 11.4. The summed E-state index contributed by atoms with van der Waals surface area (Å²) in [5.41, 5.74) is 3.64. The van der Waals surface area contributed by atoms with E-state index in [2.05, 4.69) is 27.0 Å². The molecule has 0 bridgehead atoms. The van der Waals surface area contributed by atoms with Crippen molar-refractivity contribution in [3.8, 4) is 11.4 Å². The molecule has 1 aliphatic carbocycles. The Bertz CT molecular complexity index is 1190. The van der Waals surface area contributed by atoms with Crippen molar-refractivity contribution in [1.82, 2.24) is 20.3 Å². The lowest BCUT2D eigenvalue weighted by Gasteiger charge is -2.40. The molecule has 1 saturated heterocycles. The molecular formula is C25H30N6O3S2. The number of anilines is 2. The Kier molecular flexibility index (Phi) is 7.70. The monoisotopic (exact) mass is 526 g/mol. The summed E-state index contributed by atoms with van der Waals surface area (Å²) in [4.78, 5) is 28.9. The molecule has 3 aromatic rings. The summed E-state index contributed by atoms with van der Waals surface area (Å²) in [6.07, 6.45) is 3.28. The first-order valence-electron chi connectivity index (χ1n) is 12.1. The van der Waals surface area contributed by atoms with Crippen LogP contribution in [-0.4, -0.2) is 65.5 Å². The zero-order valence-electron chi connectivity index (χ0n) is 20.2. The van der Waals surface area contributed by atoms with Gasteiger partial charge in [0.25, 0.3) is 0 Å². The van der Waals surface area contributed by atoms with Crippen LogP contribution in [0.1, 0.15) is 30.7 Å². The highest BCUT2D eigenvalue weighted by Crippen LogP contribution is 2.55. The van der Waals surface area contributed by atoms with Crippen molar-refractivity contribution in [3.63, 3.8) is 0 Å². The summed E-state index contributed by atoms with van der Waals surface area (Å²) in [7, 11) is 0. The number of nitrogens with one attached hydrogen (secondary N) is 2. The average Bonchev–Trinajstić information content (AvgIpc) is 3.30. The minimum atomic E-state index is -0.356. The number of aliphatic hydroxyl groups is 1. The number of morpholine rings is 1. The van der Waals surface area contributed by atoms with Gasteiger partial charge in [-0.25, -0.2) is 19.7 Å². The molecule has 3 N–H and O–H groups in total. The Morgan fingerprint density at radius 3 is 2.61 bits per heavy atom. The van der Waals surface area contributed by atoms with E-state index in [1.165, 1.54) is 6.42 Å². The highest BCUT2D eigenvalue weighted by Gasteiger charge is 2.43. The summed E-state index contributed by atoms with van der Waals surface area (Å²) >= 11 is 3.52. The van der Waals surface area contributed by atoms with Crippen LogP contribution < -0.4 is 15.5 Å². The molecule has 2 amide bonds. The Morgan fingerprint density at radius 1 is 1.19 bits per heavy atom. The van der Waals surface area contributed by atoms with Crippen LogP contribution in [0.5, 0.6) is 0 Å². The zero-order valence-corrected chi connectivity index (χ0v) is 21.8. The van der Waals surface area contributed by atoms with Crippen molar-refractivity contribution in [2.75, 3.05) is 49.7 Å². The first-order valence-corrected chi connectivity index (χ1v) is 13.8. The molecule has 0 spiro atoms. The van der Waals surface area contributed by atoms with Crippen LogP contribution in [0.25, 0.3) is 11.4 Å². The van der Waals surface area contributed by atoms with Gasteiger partial charge in [-0.3, -0.25) is 0 Å². The van der Waals surface area contributed by atoms with Crippen LogP contribution in [-0.2, 0) is 9.48 Å². The Labute approximate surface area is 218 Å². The molecule has 36 heavy (non-hydrogen) atoms. The molecule has 2 aliphatic rings. The fourth-order valence-corrected chi connectivity index (χ4v) is 6.82. The maximum Gasteiger partial charge on any atom is 0.319 e. The summed E-state index contributed by atoms with van der Waals surface area (Å²) in [5.74, 6) is 1.60. The van der Waals surface area contributed by atoms with Gasteiger partial charge in [0.1, 0.15) is 5.82 Å². The van der Waals surface area contributed by atoms with Crippen molar-refractivity contribution in [2.24, 2.45) is 0 Å². The lowest BCUT2D eigenvalue weighted by atomic mass is 9.81. The molecule has 5 rings (SSSR count). The number of aromatic nitrogens is 3. The van der Waals surface area contributed by atoms with Gasteiger partial charge in [-0.1, -0.05) is 11.8 Å². The van der Waals surface area contributed by atoms with Gasteiger partial charge >= 0.3 is 6.03 Å². The molecule has 1 saturated carbocycles. The van der Waals surface area contributed by atoms with Gasteiger partial charge in [0.05, 0.1) is 30.3 Å². The zero-order chi connectivity index (χ0) is 25.0. The first-order chi connectivity index (χ1) is 17.5. The van der Waals surface area contributed by atoms with E-state index in [9.17, 15) is 4.79 Å². The van der Waals surface area contributed by atoms with Crippen LogP contribution in [0.4, 0.5) is 16.3 Å². The highest BCUT2D eigenvalue weighted by molar-refractivity contribution is 8.01. The number of aliphatic hydroxyl groups excluding tert-OH is 1. The maximum atomic E-state index is 11.9. The lowest BCUT2D eigenvalue weighted by molar-refractivity contribution is 0.122. The molecule has 0 atom stereocenters. The van der Waals surface area contributed by atoms with Crippen molar-refractivity contribution >= 4 is 40.6 Å². The SMILES string of the molecule is Cc1csc(SC2(c3cc(N4CCOCC4)nc(-c4ccc(NC(=O)NCCO)cc4)n3)CCC2)n1. The molecule has 9 nitrogen and oxygen atoms in total. The van der Waals surface area contributed by atoms with E-state index < -0.39 is 0 Å². The van der Waals surface area contributed by atoms with E-state index in [0.717, 1.165) is 53.0 Å². The molecule has 1 aromatic carbocycles. The Balaban J connectivity index is 1.46. The van der Waals surface area contributed by atoms with Crippen molar-refractivity contribution in [1.29, 1.82) is 0 Å². The topological polar surface area (TPSA) is 112 Å². The number of amides is 2. The number of carbonyl (C=O) groups is 1. The number of hydrogen-bond donors (Lipinski definition) is 3. The third-order valence-corrected chi connectivity index (χ3v) is 8.92. The minimum absolute atomic E-state index is 0.102. The summed E-state index contributed by atoms with van der Waals surface area (Å²) in [6.45, 7) is 5.10. The van der Waals surface area contributed by atoms with Gasteiger partial charge in [-0.2, -0.15) is 0 Å². The normalized spacial score (nSPS) is 16.9. The standard InChI is InChI=1S/C25H30N6O3S2/c1-17-16-35-24(27-17)36-25(7-2-8-25)20-15-21(31-10-13-34-14-11-31)30-22(29-20)18-3-5-19(6-4-18)28-23(33)26-9-12-32/h3-6,15-16,32H,2,7-14H2,1H3,(H2,26,28,33). The molecule has 190 valence electrons. The minimum Gasteiger partial charge on any atom is -0.395 e. The number of urea groups is 1. The van der Waals surface area contributed by atoms with Gasteiger partial charge in [0.15, 0.2) is 10.2 Å². The first kappa shape index (κ1) is 24.9. The number of benzene rings is 1. The van der Waals surface area contributed by atoms with Crippen LogP contribution in [0.2, 0.25) is 0 Å². The number of ether oxygens (including phenoxy) is 1. The maximum absolute atomic E-state index is 11.9. The number of hydrogen-bond acceptors (Lipinski definition) is 9. The molecule has 1 aliphatic heterocycles. The van der Waals surface area contributed by atoms with Gasteiger partial charge in [-0.15, -0.1) is 11.3 Å². The fourth-order valence-electron chi connectivity index (χ4n) is 4.25. The molecule has 0 unspecified atom stereocenters. The second-order valence-electron chi connectivity index (χ2n) is 8.92. The van der Waals surface area contributed by atoms with Crippen LogP contribution in [0.3, 0.4) is 0 Å². The summed E-state index contributed by atoms with van der Waals surface area (Å²) in [5, 5.41) is 16.3. The average molecular weight is 527 g/mol. The van der Waals surface area contributed by atoms with Crippen LogP contribution in [0, 0.1) is 6.92 Å². The number of aryl methyl sites for hydroxylation is 1. The predicted octanol–water partition coefficient (Wildman–Crippen LogP) is 4.03. The predicted molar refractivity (Wildman–Crippen MR) is 143 cm³/mol. The summed E-state index contributed by atoms with van der Waals surface area (Å²) < 4.78 is 6.54. The van der Waals surface area contributed by atoms with Crippen LogP contribution in [0.15, 0.2) is 40.1 Å². The lowest BCUT2D eigenvalue weighted by Crippen LogP contribution is -2.38. The van der Waals surface area contributed by atoms with Crippen LogP contribution >= 0.6 is 23.1 Å². The molecule has 3 heterocycles. The van der Waals surface area contributed by atoms with E-state index in [-0.39, 0.29) is 23.9 Å². The van der Waals surface area contributed by atoms with Gasteiger partial charge < -0.3 is 25.4 Å². The second kappa shape index (κ2) is 11.1. The quantitative estimate of drug-likeness (QED) is 0.403. The molecular weight excluding hydrogens is 496 g/mol. The van der Waals surface area contributed by atoms with E-state index in [1.54, 1.807) is 11.3 Å². The van der Waals surface area contributed by atoms with Crippen molar-refractivity contribution < 1.29 is 14.6 Å². The largest absolute Gasteiger partial charge is 0.395 e. The number of rotatable bonds is 8. The molecule has 2 aromatic heterocycles. The molecule has 0 radical (unpaired) electrons. The third kappa shape index (κ3) is 5.64. The Hall–Kier alpha value is -2.73. The van der Waals surface area contributed by atoms with Gasteiger partial charge in [0.2, 0.25) is 0 Å². The third-order valence-electron chi connectivity index (χ3n) is 6.35. The van der Waals surface area contributed by atoms with Crippen molar-refractivity contribution in [2.45, 2.75) is 35.3 Å². The number of carbonyl (C=O) groups excluding carboxylic acids is 1. The van der Waals surface area contributed by atoms with E-state index >= 15 is 0 Å².